The van der Waals surface area contributed by atoms with Gasteiger partial charge in [-0.15, -0.1) is 0 Å². The van der Waals surface area contributed by atoms with E-state index in [0.29, 0.717) is 6.04 Å². The first-order chi connectivity index (χ1) is 10.0. The molecule has 4 heteroatoms. The second-order valence-corrected chi connectivity index (χ2v) is 7.11. The number of hydrogen-bond acceptors (Lipinski definition) is 4. The van der Waals surface area contributed by atoms with Gasteiger partial charge in [0.05, 0.1) is 6.10 Å². The van der Waals surface area contributed by atoms with Crippen LogP contribution in [0.4, 0.5) is 0 Å². The molecule has 1 saturated carbocycles. The largest absolute Gasteiger partial charge is 0.504 e. The Kier molecular flexibility index (Phi) is 2.79. The third kappa shape index (κ3) is 1.63. The van der Waals surface area contributed by atoms with Crippen molar-refractivity contribution in [3.63, 3.8) is 0 Å². The van der Waals surface area contributed by atoms with E-state index in [4.69, 9.17) is 0 Å². The molecule has 0 amide bonds. The predicted molar refractivity (Wildman–Crippen MR) is 79.5 cm³/mol. The Morgan fingerprint density at radius 2 is 2.05 bits per heavy atom. The van der Waals surface area contributed by atoms with Crippen LogP contribution in [-0.2, 0) is 11.8 Å². The van der Waals surface area contributed by atoms with Crippen molar-refractivity contribution in [1.29, 1.82) is 0 Å². The lowest BCUT2D eigenvalue weighted by atomic mass is 9.51. The van der Waals surface area contributed by atoms with Crippen molar-refractivity contribution in [1.82, 2.24) is 4.90 Å². The van der Waals surface area contributed by atoms with E-state index in [1.54, 1.807) is 6.07 Å². The number of aliphatic hydroxyl groups excluding tert-OH is 1. The molecular formula is C17H23NO3. The van der Waals surface area contributed by atoms with Crippen LogP contribution in [0.3, 0.4) is 0 Å². The lowest BCUT2D eigenvalue weighted by Crippen LogP contribution is -2.63. The minimum atomic E-state index is -0.304. The Labute approximate surface area is 125 Å². The molecule has 2 bridgehead atoms. The lowest BCUT2D eigenvalue weighted by Gasteiger charge is -2.59. The fourth-order valence-corrected chi connectivity index (χ4v) is 5.35. The number of phenols is 2. The smallest absolute Gasteiger partial charge is 0.161 e. The molecule has 2 fully saturated rings. The fraction of sp³-hybridized carbons (Fsp3) is 0.647. The number of rotatable bonds is 0. The van der Waals surface area contributed by atoms with E-state index < -0.39 is 0 Å². The van der Waals surface area contributed by atoms with E-state index in [0.717, 1.165) is 49.8 Å². The fourth-order valence-electron chi connectivity index (χ4n) is 5.35. The van der Waals surface area contributed by atoms with Crippen LogP contribution in [0.1, 0.15) is 36.8 Å². The van der Waals surface area contributed by atoms with Crippen molar-refractivity contribution in [2.24, 2.45) is 5.92 Å². The molecular weight excluding hydrogens is 266 g/mol. The van der Waals surface area contributed by atoms with E-state index >= 15 is 0 Å². The van der Waals surface area contributed by atoms with Gasteiger partial charge >= 0.3 is 0 Å². The Morgan fingerprint density at radius 1 is 1.24 bits per heavy atom. The quantitative estimate of drug-likeness (QED) is 0.637. The van der Waals surface area contributed by atoms with Gasteiger partial charge in [0.2, 0.25) is 0 Å². The summed E-state index contributed by atoms with van der Waals surface area (Å²) in [5.41, 5.74) is 1.91. The van der Waals surface area contributed by atoms with E-state index in [2.05, 4.69) is 11.9 Å². The number of likely N-dealkylation sites (tertiary alicyclic amines) is 1. The van der Waals surface area contributed by atoms with Gasteiger partial charge in [0, 0.05) is 22.9 Å². The van der Waals surface area contributed by atoms with Crippen LogP contribution in [0.25, 0.3) is 0 Å². The van der Waals surface area contributed by atoms with Crippen molar-refractivity contribution in [3.05, 3.63) is 23.3 Å². The molecule has 4 rings (SSSR count). The number of piperidine rings is 1. The Bertz CT molecular complexity index is 588. The van der Waals surface area contributed by atoms with Gasteiger partial charge in [-0.3, -0.25) is 0 Å². The van der Waals surface area contributed by atoms with Gasteiger partial charge in [-0.25, -0.2) is 0 Å². The highest BCUT2D eigenvalue weighted by Crippen LogP contribution is 2.58. The summed E-state index contributed by atoms with van der Waals surface area (Å²) >= 11 is 0. The summed E-state index contributed by atoms with van der Waals surface area (Å²) in [6, 6.07) is 3.89. The number of phenolic OH excluding ortho intramolecular Hbond substituents is 2. The van der Waals surface area contributed by atoms with Gasteiger partial charge in [-0.1, -0.05) is 6.07 Å². The molecule has 1 saturated heterocycles. The summed E-state index contributed by atoms with van der Waals surface area (Å²) in [5.74, 6) is 0.194. The molecule has 21 heavy (non-hydrogen) atoms. The summed E-state index contributed by atoms with van der Waals surface area (Å²) in [4.78, 5) is 2.37. The Hall–Kier alpha value is -1.26. The van der Waals surface area contributed by atoms with Gasteiger partial charge in [0.1, 0.15) is 0 Å². The van der Waals surface area contributed by atoms with Gasteiger partial charge in [-0.2, -0.15) is 0 Å². The SMILES string of the molecule is CN1CCC23CCCC(O)C2C1Cc1ccc(O)c(O)c13. The molecule has 1 aromatic carbocycles. The van der Waals surface area contributed by atoms with Crippen LogP contribution in [-0.4, -0.2) is 46.0 Å². The zero-order valence-corrected chi connectivity index (χ0v) is 12.4. The monoisotopic (exact) mass is 289 g/mol. The summed E-state index contributed by atoms with van der Waals surface area (Å²) in [5, 5.41) is 31.1. The highest BCUT2D eigenvalue weighted by Gasteiger charge is 2.57. The number of likely N-dealkylation sites (N-methyl/N-ethyl adjacent to an activating group) is 1. The van der Waals surface area contributed by atoms with Crippen LogP contribution in [0.5, 0.6) is 11.5 Å². The standard InChI is InChI=1S/C17H23NO3/c1-18-8-7-17-6-2-3-12(19)15(17)11(18)9-10-4-5-13(20)16(21)14(10)17/h4-5,11-12,15,19-21H,2-3,6-9H2,1H3. The molecule has 3 aliphatic rings. The molecule has 1 heterocycles. The first kappa shape index (κ1) is 13.4. The molecule has 3 N–H and O–H groups in total. The normalized spacial score (nSPS) is 38.7. The van der Waals surface area contributed by atoms with Crippen molar-refractivity contribution in [2.75, 3.05) is 13.6 Å². The minimum absolute atomic E-state index is 0.0284. The Balaban J connectivity index is 1.96. The summed E-state index contributed by atoms with van der Waals surface area (Å²) < 4.78 is 0. The number of nitrogens with zero attached hydrogens (tertiary/aromatic N) is 1. The molecule has 1 aliphatic heterocycles. The number of hydrogen-bond donors (Lipinski definition) is 3. The van der Waals surface area contributed by atoms with E-state index in [1.807, 2.05) is 6.07 Å². The van der Waals surface area contributed by atoms with Crippen LogP contribution in [0, 0.1) is 5.92 Å². The average molecular weight is 289 g/mol. The van der Waals surface area contributed by atoms with Crippen molar-refractivity contribution in [2.45, 2.75) is 49.7 Å². The van der Waals surface area contributed by atoms with Gasteiger partial charge in [0.25, 0.3) is 0 Å². The maximum absolute atomic E-state index is 10.6. The average Bonchev–Trinajstić information content (AvgIpc) is 2.47. The molecule has 4 atom stereocenters. The van der Waals surface area contributed by atoms with Crippen molar-refractivity contribution in [3.8, 4) is 11.5 Å². The predicted octanol–water partition coefficient (Wildman–Crippen LogP) is 1.76. The number of fused-ring (bicyclic) bond motifs is 1. The number of aromatic hydroxyl groups is 2. The van der Waals surface area contributed by atoms with E-state index in [-0.39, 0.29) is 28.9 Å². The number of benzene rings is 1. The van der Waals surface area contributed by atoms with E-state index in [9.17, 15) is 15.3 Å². The molecule has 114 valence electrons. The second kappa shape index (κ2) is 4.37. The van der Waals surface area contributed by atoms with Gasteiger partial charge < -0.3 is 20.2 Å². The second-order valence-electron chi connectivity index (χ2n) is 7.11. The molecule has 1 aromatic rings. The van der Waals surface area contributed by atoms with Gasteiger partial charge in [0.15, 0.2) is 11.5 Å². The topological polar surface area (TPSA) is 63.9 Å². The zero-order chi connectivity index (χ0) is 14.8. The van der Waals surface area contributed by atoms with E-state index in [1.165, 1.54) is 0 Å². The number of aliphatic hydroxyl groups is 1. The maximum atomic E-state index is 10.6. The molecule has 2 aliphatic carbocycles. The van der Waals surface area contributed by atoms with Gasteiger partial charge in [-0.05, 0) is 57.3 Å². The highest BCUT2D eigenvalue weighted by molar-refractivity contribution is 5.56. The highest BCUT2D eigenvalue weighted by atomic mass is 16.3. The van der Waals surface area contributed by atoms with Crippen molar-refractivity contribution < 1.29 is 15.3 Å². The lowest BCUT2D eigenvalue weighted by molar-refractivity contribution is -0.0754. The first-order valence-corrected chi connectivity index (χ1v) is 7.97. The summed E-state index contributed by atoms with van der Waals surface area (Å²) in [6.07, 6.45) is 4.34. The molecule has 0 spiro atoms. The van der Waals surface area contributed by atoms with Crippen LogP contribution in [0.15, 0.2) is 12.1 Å². The molecule has 4 unspecified atom stereocenters. The molecule has 4 nitrogen and oxygen atoms in total. The van der Waals surface area contributed by atoms with Crippen LogP contribution in [0.2, 0.25) is 0 Å². The molecule has 0 aromatic heterocycles. The summed E-state index contributed by atoms with van der Waals surface area (Å²) in [6.45, 7) is 0.989. The minimum Gasteiger partial charge on any atom is -0.504 e. The van der Waals surface area contributed by atoms with Crippen LogP contribution >= 0.6 is 0 Å². The summed E-state index contributed by atoms with van der Waals surface area (Å²) in [7, 11) is 2.14. The zero-order valence-electron chi connectivity index (χ0n) is 12.4. The third-order valence-corrected chi connectivity index (χ3v) is 6.24. The first-order valence-electron chi connectivity index (χ1n) is 7.97. The van der Waals surface area contributed by atoms with Crippen molar-refractivity contribution >= 4 is 0 Å². The molecule has 0 radical (unpaired) electrons. The third-order valence-electron chi connectivity index (χ3n) is 6.24. The Morgan fingerprint density at radius 3 is 2.86 bits per heavy atom. The van der Waals surface area contributed by atoms with Crippen LogP contribution < -0.4 is 0 Å². The maximum Gasteiger partial charge on any atom is 0.161 e.